The van der Waals surface area contributed by atoms with E-state index < -0.39 is 6.43 Å². The number of likely N-dealkylation sites (tertiary alicyclic amines) is 1. The van der Waals surface area contributed by atoms with E-state index in [9.17, 15) is 8.78 Å². The number of halogens is 2. The van der Waals surface area contributed by atoms with Crippen molar-refractivity contribution in [3.8, 4) is 0 Å². The Labute approximate surface area is 135 Å². The average molecular weight is 329 g/mol. The molecule has 2 aliphatic heterocycles. The highest BCUT2D eigenvalue weighted by Gasteiger charge is 2.44. The second-order valence-electron chi connectivity index (χ2n) is 6.59. The van der Waals surface area contributed by atoms with Gasteiger partial charge in [-0.15, -0.1) is 11.3 Å². The summed E-state index contributed by atoms with van der Waals surface area (Å²) in [6.07, 6.45) is 1.62. The molecule has 0 aliphatic carbocycles. The molecule has 22 heavy (non-hydrogen) atoms. The van der Waals surface area contributed by atoms with Crippen LogP contribution < -0.4 is 0 Å². The summed E-state index contributed by atoms with van der Waals surface area (Å²) in [6, 6.07) is 2.49. The van der Waals surface area contributed by atoms with Crippen LogP contribution in [0.3, 0.4) is 0 Å². The van der Waals surface area contributed by atoms with Gasteiger partial charge < -0.3 is 9.64 Å². The number of rotatable bonds is 4. The fourth-order valence-corrected chi connectivity index (χ4v) is 5.34. The van der Waals surface area contributed by atoms with Gasteiger partial charge in [-0.05, 0) is 50.8 Å². The SMILES string of the molecule is CCCN1CC[C@]2(C[C@@H]1C)OCCc1cc(CC(F)F)sc12. The van der Waals surface area contributed by atoms with Gasteiger partial charge in [0.2, 0.25) is 6.43 Å². The van der Waals surface area contributed by atoms with E-state index in [0.29, 0.717) is 6.04 Å². The number of alkyl halides is 2. The molecule has 1 saturated heterocycles. The maximum absolute atomic E-state index is 12.7. The Morgan fingerprint density at radius 2 is 2.32 bits per heavy atom. The number of piperidine rings is 1. The molecule has 1 fully saturated rings. The van der Waals surface area contributed by atoms with Crippen LogP contribution in [0, 0.1) is 0 Å². The molecule has 124 valence electrons. The molecule has 0 amide bonds. The van der Waals surface area contributed by atoms with Gasteiger partial charge in [-0.1, -0.05) is 6.92 Å². The lowest BCUT2D eigenvalue weighted by Gasteiger charge is -2.47. The first kappa shape index (κ1) is 16.3. The molecule has 5 heteroatoms. The Bertz CT molecular complexity index is 519. The maximum atomic E-state index is 12.7. The maximum Gasteiger partial charge on any atom is 0.243 e. The summed E-state index contributed by atoms with van der Waals surface area (Å²) in [5.41, 5.74) is 1.03. The average Bonchev–Trinajstić information content (AvgIpc) is 2.86. The van der Waals surface area contributed by atoms with Gasteiger partial charge in [-0.2, -0.15) is 0 Å². The monoisotopic (exact) mass is 329 g/mol. The third-order valence-corrected chi connectivity index (χ3v) is 6.33. The molecular weight excluding hydrogens is 304 g/mol. The van der Waals surface area contributed by atoms with Gasteiger partial charge >= 0.3 is 0 Å². The summed E-state index contributed by atoms with van der Waals surface area (Å²) in [6.45, 7) is 7.37. The third-order valence-electron chi connectivity index (χ3n) is 4.94. The van der Waals surface area contributed by atoms with Crippen LogP contribution in [0.25, 0.3) is 0 Å². The van der Waals surface area contributed by atoms with Gasteiger partial charge in [-0.25, -0.2) is 8.78 Å². The molecule has 3 heterocycles. The first-order chi connectivity index (χ1) is 10.5. The summed E-state index contributed by atoms with van der Waals surface area (Å²) in [7, 11) is 0. The minimum Gasteiger partial charge on any atom is -0.369 e. The Morgan fingerprint density at radius 3 is 3.00 bits per heavy atom. The Morgan fingerprint density at radius 1 is 1.50 bits per heavy atom. The van der Waals surface area contributed by atoms with Gasteiger partial charge in [0.25, 0.3) is 0 Å². The van der Waals surface area contributed by atoms with E-state index in [1.54, 1.807) is 11.3 Å². The second kappa shape index (κ2) is 6.54. The Kier molecular flexibility index (Phi) is 4.86. The van der Waals surface area contributed by atoms with Gasteiger partial charge in [-0.3, -0.25) is 0 Å². The molecular formula is C17H25F2NOS. The lowest BCUT2D eigenvalue weighted by Crippen LogP contribution is -2.50. The van der Waals surface area contributed by atoms with Gasteiger partial charge in [0, 0.05) is 28.8 Å². The number of thiophene rings is 1. The van der Waals surface area contributed by atoms with Crippen molar-refractivity contribution in [3.05, 3.63) is 21.4 Å². The fourth-order valence-electron chi connectivity index (χ4n) is 3.94. The lowest BCUT2D eigenvalue weighted by molar-refractivity contribution is -0.109. The predicted octanol–water partition coefficient (Wildman–Crippen LogP) is 4.22. The molecule has 1 aromatic rings. The summed E-state index contributed by atoms with van der Waals surface area (Å²) >= 11 is 1.56. The van der Waals surface area contributed by atoms with Crippen LogP contribution in [-0.2, 0) is 23.2 Å². The van der Waals surface area contributed by atoms with E-state index in [4.69, 9.17) is 4.74 Å². The molecule has 3 rings (SSSR count). The first-order valence-corrected chi connectivity index (χ1v) is 9.14. The van der Waals surface area contributed by atoms with E-state index in [1.807, 2.05) is 6.07 Å². The van der Waals surface area contributed by atoms with Crippen LogP contribution in [0.2, 0.25) is 0 Å². The van der Waals surface area contributed by atoms with Crippen molar-refractivity contribution in [1.29, 1.82) is 0 Å². The van der Waals surface area contributed by atoms with Crippen LogP contribution in [-0.4, -0.2) is 37.1 Å². The van der Waals surface area contributed by atoms with Crippen LogP contribution in [0.1, 0.15) is 48.4 Å². The van der Waals surface area contributed by atoms with Crippen molar-refractivity contribution in [2.45, 2.75) is 64.0 Å². The molecule has 0 saturated carbocycles. The smallest absolute Gasteiger partial charge is 0.243 e. The van der Waals surface area contributed by atoms with Crippen molar-refractivity contribution in [2.75, 3.05) is 19.7 Å². The molecule has 0 N–H and O–H groups in total. The molecule has 2 aliphatic rings. The van der Waals surface area contributed by atoms with Crippen LogP contribution in [0.5, 0.6) is 0 Å². The normalized spacial score (nSPS) is 29.2. The van der Waals surface area contributed by atoms with Crippen LogP contribution in [0.4, 0.5) is 8.78 Å². The van der Waals surface area contributed by atoms with Crippen molar-refractivity contribution < 1.29 is 13.5 Å². The molecule has 1 spiro atoms. The predicted molar refractivity (Wildman–Crippen MR) is 85.9 cm³/mol. The molecule has 2 nitrogen and oxygen atoms in total. The quantitative estimate of drug-likeness (QED) is 0.820. The van der Waals surface area contributed by atoms with Gasteiger partial charge in [0.15, 0.2) is 0 Å². The lowest BCUT2D eigenvalue weighted by atomic mass is 9.82. The standard InChI is InChI=1S/C17H25F2NOS/c1-3-6-20-7-5-17(11-12(20)2)16-13(4-8-21-17)9-14(22-16)10-15(18)19/h9,12,15H,3-8,10-11H2,1-2H3/t12-,17+/m0/s1. The number of hydrogen-bond donors (Lipinski definition) is 0. The summed E-state index contributed by atoms with van der Waals surface area (Å²) in [5, 5.41) is 0. The molecule has 2 atom stereocenters. The summed E-state index contributed by atoms with van der Waals surface area (Å²) in [4.78, 5) is 4.57. The minimum absolute atomic E-state index is 0.120. The van der Waals surface area contributed by atoms with Crippen molar-refractivity contribution in [3.63, 3.8) is 0 Å². The topological polar surface area (TPSA) is 12.5 Å². The van der Waals surface area contributed by atoms with E-state index >= 15 is 0 Å². The minimum atomic E-state index is -2.26. The van der Waals surface area contributed by atoms with Gasteiger partial charge in [0.05, 0.1) is 6.61 Å². The highest BCUT2D eigenvalue weighted by Crippen LogP contribution is 2.47. The summed E-state index contributed by atoms with van der Waals surface area (Å²) < 4.78 is 31.6. The third kappa shape index (κ3) is 3.08. The van der Waals surface area contributed by atoms with Crippen LogP contribution >= 0.6 is 11.3 Å². The molecule has 0 aromatic carbocycles. The molecule has 1 aromatic heterocycles. The number of fused-ring (bicyclic) bond motifs is 2. The summed E-state index contributed by atoms with van der Waals surface area (Å²) in [5.74, 6) is 0. The Hall–Kier alpha value is -0.520. The number of hydrogen-bond acceptors (Lipinski definition) is 3. The number of ether oxygens (including phenoxy) is 1. The van der Waals surface area contributed by atoms with E-state index in [-0.39, 0.29) is 12.0 Å². The zero-order chi connectivity index (χ0) is 15.7. The first-order valence-electron chi connectivity index (χ1n) is 8.32. The molecule has 0 radical (unpaired) electrons. The molecule has 0 unspecified atom stereocenters. The van der Waals surface area contributed by atoms with Crippen molar-refractivity contribution in [2.24, 2.45) is 0 Å². The highest BCUT2D eigenvalue weighted by atomic mass is 32.1. The van der Waals surface area contributed by atoms with E-state index in [1.165, 1.54) is 16.9 Å². The molecule has 0 bridgehead atoms. The number of nitrogens with zero attached hydrogens (tertiary/aromatic N) is 1. The van der Waals surface area contributed by atoms with Crippen molar-refractivity contribution in [1.82, 2.24) is 4.90 Å². The van der Waals surface area contributed by atoms with Crippen LogP contribution in [0.15, 0.2) is 6.07 Å². The largest absolute Gasteiger partial charge is 0.369 e. The van der Waals surface area contributed by atoms with E-state index in [0.717, 1.165) is 43.8 Å². The fraction of sp³-hybridized carbons (Fsp3) is 0.765. The zero-order valence-electron chi connectivity index (χ0n) is 13.4. The van der Waals surface area contributed by atoms with E-state index in [2.05, 4.69) is 18.7 Å². The van der Waals surface area contributed by atoms with Gasteiger partial charge in [0.1, 0.15) is 5.60 Å². The zero-order valence-corrected chi connectivity index (χ0v) is 14.2. The van der Waals surface area contributed by atoms with Crippen molar-refractivity contribution >= 4 is 11.3 Å². The second-order valence-corrected chi connectivity index (χ2v) is 7.73. The highest BCUT2D eigenvalue weighted by molar-refractivity contribution is 7.12. The Balaban J connectivity index is 1.83.